The molecule has 1 aromatic rings. The van der Waals surface area contributed by atoms with Gasteiger partial charge in [-0.2, -0.15) is 18.4 Å². The molecule has 0 heterocycles. The van der Waals surface area contributed by atoms with Crippen LogP contribution in [0.2, 0.25) is 0 Å². The minimum atomic E-state index is -4.35. The Hall–Kier alpha value is -2.07. The van der Waals surface area contributed by atoms with E-state index in [0.29, 0.717) is 11.3 Å². The fraction of sp³-hybridized carbons (Fsp3) is 0.273. The van der Waals surface area contributed by atoms with Crippen LogP contribution in [0.25, 0.3) is 0 Å². The van der Waals surface area contributed by atoms with Gasteiger partial charge in [-0.05, 0) is 18.2 Å². The second-order valence-corrected chi connectivity index (χ2v) is 3.46. The summed E-state index contributed by atoms with van der Waals surface area (Å²) in [5.41, 5.74) is 0.726. The van der Waals surface area contributed by atoms with Gasteiger partial charge in [0.1, 0.15) is 0 Å². The number of alkyl halides is 3. The third kappa shape index (κ3) is 5.32. The van der Waals surface area contributed by atoms with Crippen molar-refractivity contribution in [1.82, 2.24) is 5.32 Å². The van der Waals surface area contributed by atoms with Crippen LogP contribution in [0.4, 0.5) is 18.9 Å². The predicted octanol–water partition coefficient (Wildman–Crippen LogP) is 1.65. The molecule has 0 aliphatic rings. The van der Waals surface area contributed by atoms with Crippen molar-refractivity contribution in [1.29, 1.82) is 5.26 Å². The fourth-order valence-electron chi connectivity index (χ4n) is 1.19. The molecule has 18 heavy (non-hydrogen) atoms. The van der Waals surface area contributed by atoms with Crippen LogP contribution < -0.4 is 10.6 Å². The summed E-state index contributed by atoms with van der Waals surface area (Å²) < 4.78 is 35.4. The van der Waals surface area contributed by atoms with Crippen molar-refractivity contribution in [3.63, 3.8) is 0 Å². The molecule has 0 aliphatic carbocycles. The fourth-order valence-corrected chi connectivity index (χ4v) is 1.19. The first-order valence-electron chi connectivity index (χ1n) is 4.98. The number of hydrogen-bond acceptors (Lipinski definition) is 3. The number of benzene rings is 1. The van der Waals surface area contributed by atoms with Gasteiger partial charge in [0.25, 0.3) is 0 Å². The maximum absolute atomic E-state index is 11.8. The molecule has 0 bridgehead atoms. The van der Waals surface area contributed by atoms with E-state index in [9.17, 15) is 18.0 Å². The van der Waals surface area contributed by atoms with Crippen molar-refractivity contribution in [3.05, 3.63) is 29.8 Å². The summed E-state index contributed by atoms with van der Waals surface area (Å²) in [7, 11) is 0. The Bertz CT molecular complexity index is 465. The molecule has 4 nitrogen and oxygen atoms in total. The number of nitrogens with zero attached hydrogens (tertiary/aromatic N) is 1. The van der Waals surface area contributed by atoms with Gasteiger partial charge >= 0.3 is 6.18 Å². The van der Waals surface area contributed by atoms with E-state index in [1.807, 2.05) is 11.4 Å². The van der Waals surface area contributed by atoms with Crippen LogP contribution in [0, 0.1) is 11.3 Å². The molecule has 1 rings (SSSR count). The minimum absolute atomic E-state index is 0.357. The number of anilines is 1. The number of nitrogens with one attached hydrogen (secondary N) is 2. The highest BCUT2D eigenvalue weighted by Crippen LogP contribution is 2.12. The Morgan fingerprint density at radius 3 is 2.72 bits per heavy atom. The number of hydrogen-bond donors (Lipinski definition) is 2. The van der Waals surface area contributed by atoms with Crippen molar-refractivity contribution < 1.29 is 18.0 Å². The van der Waals surface area contributed by atoms with Gasteiger partial charge in [-0.3, -0.25) is 4.79 Å². The topological polar surface area (TPSA) is 64.9 Å². The molecule has 7 heteroatoms. The number of amides is 1. The summed E-state index contributed by atoms with van der Waals surface area (Å²) in [6, 6.07) is 7.98. The van der Waals surface area contributed by atoms with Gasteiger partial charge in [0, 0.05) is 5.69 Å². The molecule has 1 aromatic carbocycles. The number of carbonyl (C=O) groups is 1. The van der Waals surface area contributed by atoms with E-state index in [2.05, 4.69) is 5.32 Å². The molecule has 0 aliphatic heterocycles. The average Bonchev–Trinajstić information content (AvgIpc) is 2.27. The summed E-state index contributed by atoms with van der Waals surface area (Å²) in [5, 5.41) is 13.0. The highest BCUT2D eigenvalue weighted by molar-refractivity contribution is 5.92. The molecule has 0 saturated heterocycles. The smallest absolute Gasteiger partial charge is 0.325 e. The molecule has 0 saturated carbocycles. The Balaban J connectivity index is 2.43. The zero-order chi connectivity index (χ0) is 13.6. The number of nitriles is 1. The van der Waals surface area contributed by atoms with Crippen LogP contribution in [0.3, 0.4) is 0 Å². The largest absolute Gasteiger partial charge is 0.401 e. The second-order valence-electron chi connectivity index (χ2n) is 3.46. The maximum Gasteiger partial charge on any atom is 0.401 e. The predicted molar refractivity (Wildman–Crippen MR) is 58.7 cm³/mol. The third-order valence-electron chi connectivity index (χ3n) is 1.89. The van der Waals surface area contributed by atoms with Gasteiger partial charge in [-0.15, -0.1) is 0 Å². The Kier molecular flexibility index (Phi) is 4.68. The van der Waals surface area contributed by atoms with E-state index in [1.54, 1.807) is 18.2 Å². The van der Waals surface area contributed by atoms with Gasteiger partial charge < -0.3 is 10.6 Å². The van der Waals surface area contributed by atoms with Crippen LogP contribution in [0.5, 0.6) is 0 Å². The van der Waals surface area contributed by atoms with Crippen LogP contribution in [0.1, 0.15) is 5.56 Å². The van der Waals surface area contributed by atoms with Crippen LogP contribution in [0.15, 0.2) is 24.3 Å². The van der Waals surface area contributed by atoms with Crippen LogP contribution >= 0.6 is 0 Å². The first-order chi connectivity index (χ1) is 8.40. The van der Waals surface area contributed by atoms with E-state index in [4.69, 9.17) is 5.26 Å². The SMILES string of the molecule is N#Cc1cccc(NC(=O)CNCC(F)(F)F)c1. The summed E-state index contributed by atoms with van der Waals surface area (Å²) in [5.74, 6) is -0.602. The highest BCUT2D eigenvalue weighted by Gasteiger charge is 2.26. The molecule has 0 spiro atoms. The summed E-state index contributed by atoms with van der Waals surface area (Å²) >= 11 is 0. The van der Waals surface area contributed by atoms with Gasteiger partial charge in [0.05, 0.1) is 24.7 Å². The van der Waals surface area contributed by atoms with Crippen molar-refractivity contribution >= 4 is 11.6 Å². The highest BCUT2D eigenvalue weighted by atomic mass is 19.4. The molecule has 0 fully saturated rings. The molecule has 96 valence electrons. The van der Waals surface area contributed by atoms with Crippen molar-refractivity contribution in [2.24, 2.45) is 0 Å². The van der Waals surface area contributed by atoms with E-state index in [1.165, 1.54) is 6.07 Å². The zero-order valence-electron chi connectivity index (χ0n) is 9.21. The molecule has 0 aromatic heterocycles. The molecule has 0 radical (unpaired) electrons. The number of halogens is 3. The number of rotatable bonds is 4. The molecule has 1 amide bonds. The van der Waals surface area contributed by atoms with Gasteiger partial charge in [0.15, 0.2) is 0 Å². The lowest BCUT2D eigenvalue weighted by Gasteiger charge is -2.08. The normalized spacial score (nSPS) is 10.8. The lowest BCUT2D eigenvalue weighted by Crippen LogP contribution is -2.35. The maximum atomic E-state index is 11.8. The minimum Gasteiger partial charge on any atom is -0.325 e. The second kappa shape index (κ2) is 6.02. The summed E-state index contributed by atoms with van der Waals surface area (Å²) in [4.78, 5) is 11.3. The molecule has 0 unspecified atom stereocenters. The van der Waals surface area contributed by atoms with Crippen molar-refractivity contribution in [3.8, 4) is 6.07 Å². The van der Waals surface area contributed by atoms with E-state index < -0.39 is 25.2 Å². The average molecular weight is 257 g/mol. The van der Waals surface area contributed by atoms with E-state index in [0.717, 1.165) is 0 Å². The van der Waals surface area contributed by atoms with Gasteiger partial charge in [-0.1, -0.05) is 6.07 Å². The first-order valence-corrected chi connectivity index (χ1v) is 4.98. The summed E-state index contributed by atoms with van der Waals surface area (Å²) in [6.45, 7) is -1.67. The molecule has 0 atom stereocenters. The van der Waals surface area contributed by atoms with Crippen LogP contribution in [-0.2, 0) is 4.79 Å². The molecular formula is C11H10F3N3O. The molecular weight excluding hydrogens is 247 g/mol. The van der Waals surface area contributed by atoms with Crippen molar-refractivity contribution in [2.45, 2.75) is 6.18 Å². The lowest BCUT2D eigenvalue weighted by molar-refractivity contribution is -0.126. The van der Waals surface area contributed by atoms with Crippen molar-refractivity contribution in [2.75, 3.05) is 18.4 Å². The third-order valence-corrected chi connectivity index (χ3v) is 1.89. The van der Waals surface area contributed by atoms with Gasteiger partial charge in [-0.25, -0.2) is 0 Å². The standard InChI is InChI=1S/C11H10F3N3O/c12-11(13,14)7-16-6-10(18)17-9-3-1-2-8(4-9)5-15/h1-4,16H,6-7H2,(H,17,18). The van der Waals surface area contributed by atoms with Gasteiger partial charge in [0.2, 0.25) is 5.91 Å². The zero-order valence-corrected chi connectivity index (χ0v) is 9.21. The molecule has 2 N–H and O–H groups in total. The number of carbonyl (C=O) groups excluding carboxylic acids is 1. The van der Waals surface area contributed by atoms with E-state index in [-0.39, 0.29) is 0 Å². The Morgan fingerprint density at radius 1 is 1.39 bits per heavy atom. The quantitative estimate of drug-likeness (QED) is 0.862. The van der Waals surface area contributed by atoms with E-state index >= 15 is 0 Å². The first kappa shape index (κ1) is 14.0. The van der Waals surface area contributed by atoms with Crippen LogP contribution in [-0.4, -0.2) is 25.2 Å². The Morgan fingerprint density at radius 2 is 2.11 bits per heavy atom. The monoisotopic (exact) mass is 257 g/mol. The Labute approximate surface area is 101 Å². The summed E-state index contributed by atoms with van der Waals surface area (Å²) in [6.07, 6.45) is -4.35. The lowest BCUT2D eigenvalue weighted by atomic mass is 10.2.